The van der Waals surface area contributed by atoms with Crippen molar-refractivity contribution >= 4 is 5.97 Å². The van der Waals surface area contributed by atoms with Crippen molar-refractivity contribution in [2.45, 2.75) is 19.8 Å². The molecule has 1 N–H and O–H groups in total. The lowest BCUT2D eigenvalue weighted by atomic mass is 9.93. The van der Waals surface area contributed by atoms with Crippen molar-refractivity contribution in [1.29, 1.82) is 0 Å². The fourth-order valence-corrected chi connectivity index (χ4v) is 1.55. The zero-order valence-corrected chi connectivity index (χ0v) is 8.19. The molecule has 3 heteroatoms. The average Bonchev–Trinajstić information content (AvgIpc) is 2.35. The van der Waals surface area contributed by atoms with Crippen LogP contribution in [0.5, 0.6) is 0 Å². The molecule has 1 aromatic heterocycles. The molecule has 0 radical (unpaired) electrons. The van der Waals surface area contributed by atoms with Gasteiger partial charge in [-0.25, -0.2) is 0 Å². The highest BCUT2D eigenvalue weighted by Gasteiger charge is 2.25. The van der Waals surface area contributed by atoms with Gasteiger partial charge in [-0.1, -0.05) is 13.8 Å². The molecule has 0 amide bonds. The summed E-state index contributed by atoms with van der Waals surface area (Å²) in [5.41, 5.74) is 0.863. The van der Waals surface area contributed by atoms with Crippen LogP contribution in [0.3, 0.4) is 0 Å². The molecule has 13 heavy (non-hydrogen) atoms. The number of aromatic nitrogens is 1. The summed E-state index contributed by atoms with van der Waals surface area (Å²) in [4.78, 5) is 11.0. The zero-order chi connectivity index (χ0) is 10.0. The smallest absolute Gasteiger partial charge is 0.312 e. The van der Waals surface area contributed by atoms with Crippen molar-refractivity contribution < 1.29 is 9.90 Å². The topological polar surface area (TPSA) is 42.2 Å². The van der Waals surface area contributed by atoms with Crippen LogP contribution in [0.4, 0.5) is 0 Å². The first-order valence-electron chi connectivity index (χ1n) is 4.38. The van der Waals surface area contributed by atoms with Crippen molar-refractivity contribution in [2.24, 2.45) is 13.0 Å². The lowest BCUT2D eigenvalue weighted by molar-refractivity contribution is -0.140. The summed E-state index contributed by atoms with van der Waals surface area (Å²) >= 11 is 0. The molecule has 0 aromatic carbocycles. The van der Waals surface area contributed by atoms with Gasteiger partial charge in [0.1, 0.15) is 0 Å². The first-order chi connectivity index (χ1) is 6.04. The molecular formula is C10H15NO2. The molecule has 1 aromatic rings. The van der Waals surface area contributed by atoms with Crippen molar-refractivity contribution in [3.8, 4) is 0 Å². The van der Waals surface area contributed by atoms with Gasteiger partial charge in [0.05, 0.1) is 5.92 Å². The number of aliphatic carboxylic acids is 1. The number of rotatable bonds is 3. The lowest BCUT2D eigenvalue weighted by Gasteiger charge is -2.16. The molecule has 1 unspecified atom stereocenters. The van der Waals surface area contributed by atoms with Crippen LogP contribution < -0.4 is 0 Å². The molecule has 1 rings (SSSR count). The summed E-state index contributed by atoms with van der Waals surface area (Å²) in [6, 6.07) is 3.73. The van der Waals surface area contributed by atoms with Gasteiger partial charge in [0.2, 0.25) is 0 Å². The van der Waals surface area contributed by atoms with Gasteiger partial charge in [0, 0.05) is 18.9 Å². The molecule has 0 aliphatic heterocycles. The number of nitrogens with zero attached hydrogens (tertiary/aromatic N) is 1. The van der Waals surface area contributed by atoms with Crippen LogP contribution in [0.15, 0.2) is 18.3 Å². The third-order valence-corrected chi connectivity index (χ3v) is 2.24. The third kappa shape index (κ3) is 1.91. The monoisotopic (exact) mass is 181 g/mol. The molecule has 0 spiro atoms. The van der Waals surface area contributed by atoms with Gasteiger partial charge in [-0.3, -0.25) is 4.79 Å². The Morgan fingerprint density at radius 3 is 2.46 bits per heavy atom. The second kappa shape index (κ2) is 3.64. The number of carboxylic acids is 1. The summed E-state index contributed by atoms with van der Waals surface area (Å²) < 4.78 is 1.86. The Morgan fingerprint density at radius 1 is 1.54 bits per heavy atom. The van der Waals surface area contributed by atoms with Crippen molar-refractivity contribution in [3.63, 3.8) is 0 Å². The van der Waals surface area contributed by atoms with E-state index >= 15 is 0 Å². The summed E-state index contributed by atoms with van der Waals surface area (Å²) in [6.45, 7) is 3.84. The number of hydrogen-bond acceptors (Lipinski definition) is 1. The van der Waals surface area contributed by atoms with Crippen LogP contribution in [-0.2, 0) is 11.8 Å². The standard InChI is InChI=1S/C10H15NO2/c1-7(2)9(10(12)13)8-5-4-6-11(8)3/h4-7,9H,1-3H3,(H,12,13). The highest BCUT2D eigenvalue weighted by molar-refractivity contribution is 5.75. The maximum absolute atomic E-state index is 11.0. The molecule has 0 aliphatic rings. The minimum Gasteiger partial charge on any atom is -0.481 e. The van der Waals surface area contributed by atoms with Gasteiger partial charge in [0.15, 0.2) is 0 Å². The summed E-state index contributed by atoms with van der Waals surface area (Å²) in [5.74, 6) is -1.04. The Balaban J connectivity index is 3.02. The summed E-state index contributed by atoms with van der Waals surface area (Å²) in [7, 11) is 1.87. The van der Waals surface area contributed by atoms with E-state index in [1.807, 2.05) is 43.8 Å². The van der Waals surface area contributed by atoms with Crippen molar-refractivity contribution in [3.05, 3.63) is 24.0 Å². The van der Waals surface area contributed by atoms with Gasteiger partial charge in [-0.05, 0) is 18.1 Å². The van der Waals surface area contributed by atoms with Gasteiger partial charge >= 0.3 is 5.97 Å². The third-order valence-electron chi connectivity index (χ3n) is 2.24. The Bertz CT molecular complexity index is 302. The van der Waals surface area contributed by atoms with E-state index in [1.54, 1.807) is 0 Å². The molecule has 3 nitrogen and oxygen atoms in total. The molecule has 0 saturated carbocycles. The molecular weight excluding hydrogens is 166 g/mol. The van der Waals surface area contributed by atoms with E-state index < -0.39 is 11.9 Å². The normalized spacial score (nSPS) is 13.2. The summed E-state index contributed by atoms with van der Waals surface area (Å²) in [5, 5.41) is 9.03. The number of carboxylic acid groups (broad SMARTS) is 1. The SMILES string of the molecule is CC(C)C(C(=O)O)c1cccn1C. The molecule has 0 fully saturated rings. The number of aryl methyl sites for hydroxylation is 1. The highest BCUT2D eigenvalue weighted by Crippen LogP contribution is 2.24. The zero-order valence-electron chi connectivity index (χ0n) is 8.19. The van der Waals surface area contributed by atoms with Crippen LogP contribution in [0, 0.1) is 5.92 Å². The summed E-state index contributed by atoms with van der Waals surface area (Å²) in [6.07, 6.45) is 1.87. The predicted octanol–water partition coefficient (Wildman–Crippen LogP) is 1.85. The van der Waals surface area contributed by atoms with Crippen LogP contribution in [-0.4, -0.2) is 15.6 Å². The molecule has 0 saturated heterocycles. The minimum absolute atomic E-state index is 0.117. The number of carbonyl (C=O) groups is 1. The van der Waals surface area contributed by atoms with E-state index in [1.165, 1.54) is 0 Å². The largest absolute Gasteiger partial charge is 0.481 e. The first kappa shape index (κ1) is 9.84. The van der Waals surface area contributed by atoms with Gasteiger partial charge in [-0.2, -0.15) is 0 Å². The Kier molecular flexibility index (Phi) is 2.76. The first-order valence-corrected chi connectivity index (χ1v) is 4.38. The molecule has 0 bridgehead atoms. The molecule has 1 atom stereocenters. The Morgan fingerprint density at radius 2 is 2.15 bits per heavy atom. The van der Waals surface area contributed by atoms with E-state index in [9.17, 15) is 4.79 Å². The Hall–Kier alpha value is -1.25. The van der Waals surface area contributed by atoms with Gasteiger partial charge in [0.25, 0.3) is 0 Å². The number of hydrogen-bond donors (Lipinski definition) is 1. The molecule has 72 valence electrons. The maximum Gasteiger partial charge on any atom is 0.312 e. The van der Waals surface area contributed by atoms with Crippen LogP contribution in [0.2, 0.25) is 0 Å². The second-order valence-corrected chi connectivity index (χ2v) is 3.60. The van der Waals surface area contributed by atoms with E-state index in [-0.39, 0.29) is 5.92 Å². The quantitative estimate of drug-likeness (QED) is 0.773. The van der Waals surface area contributed by atoms with E-state index in [2.05, 4.69) is 0 Å². The van der Waals surface area contributed by atoms with E-state index in [4.69, 9.17) is 5.11 Å². The van der Waals surface area contributed by atoms with Gasteiger partial charge in [-0.15, -0.1) is 0 Å². The Labute approximate surface area is 78.0 Å². The van der Waals surface area contributed by atoms with Crippen LogP contribution >= 0.6 is 0 Å². The predicted molar refractivity (Wildman–Crippen MR) is 50.6 cm³/mol. The molecule has 1 heterocycles. The van der Waals surface area contributed by atoms with Gasteiger partial charge < -0.3 is 9.67 Å². The van der Waals surface area contributed by atoms with Crippen LogP contribution in [0.25, 0.3) is 0 Å². The molecule has 0 aliphatic carbocycles. The van der Waals surface area contributed by atoms with E-state index in [0.29, 0.717) is 0 Å². The fourth-order valence-electron chi connectivity index (χ4n) is 1.55. The highest BCUT2D eigenvalue weighted by atomic mass is 16.4. The second-order valence-electron chi connectivity index (χ2n) is 3.60. The minimum atomic E-state index is -0.753. The lowest BCUT2D eigenvalue weighted by Crippen LogP contribution is -2.19. The van der Waals surface area contributed by atoms with E-state index in [0.717, 1.165) is 5.69 Å². The van der Waals surface area contributed by atoms with Crippen LogP contribution in [0.1, 0.15) is 25.5 Å². The van der Waals surface area contributed by atoms with Crippen molar-refractivity contribution in [1.82, 2.24) is 4.57 Å². The van der Waals surface area contributed by atoms with Crippen molar-refractivity contribution in [2.75, 3.05) is 0 Å². The maximum atomic E-state index is 11.0. The fraction of sp³-hybridized carbons (Fsp3) is 0.500. The average molecular weight is 181 g/mol.